The minimum atomic E-state index is -4.28. The lowest BCUT2D eigenvalue weighted by molar-refractivity contribution is -0.137. The van der Waals surface area contributed by atoms with Gasteiger partial charge in [-0.3, -0.25) is 4.90 Å². The minimum Gasteiger partial charge on any atom is -0.327 e. The van der Waals surface area contributed by atoms with Gasteiger partial charge in [-0.15, -0.1) is 0 Å². The molecule has 0 saturated carbocycles. The molecular formula is C15H21F3N2. The summed E-state index contributed by atoms with van der Waals surface area (Å²) in [6, 6.07) is 5.72. The fraction of sp³-hybridized carbons (Fsp3) is 0.600. The molecule has 0 bridgehead atoms. The van der Waals surface area contributed by atoms with Gasteiger partial charge in [-0.05, 0) is 23.5 Å². The first-order chi connectivity index (χ1) is 9.18. The molecule has 1 saturated heterocycles. The highest BCUT2D eigenvalue weighted by molar-refractivity contribution is 5.25. The van der Waals surface area contributed by atoms with Gasteiger partial charge in [0.2, 0.25) is 0 Å². The zero-order valence-corrected chi connectivity index (χ0v) is 11.9. The molecular weight excluding hydrogens is 265 g/mol. The normalized spacial score (nSPS) is 23.8. The van der Waals surface area contributed by atoms with E-state index in [1.165, 1.54) is 12.1 Å². The van der Waals surface area contributed by atoms with Crippen molar-refractivity contribution in [1.82, 2.24) is 4.90 Å². The number of piperidine rings is 1. The van der Waals surface area contributed by atoms with Gasteiger partial charge in [0.25, 0.3) is 0 Å². The quantitative estimate of drug-likeness (QED) is 0.904. The molecule has 1 fully saturated rings. The van der Waals surface area contributed by atoms with Crippen LogP contribution in [-0.2, 0) is 12.7 Å². The van der Waals surface area contributed by atoms with E-state index in [2.05, 4.69) is 18.7 Å². The van der Waals surface area contributed by atoms with Crippen molar-refractivity contribution in [3.8, 4) is 0 Å². The number of nitrogens with zero attached hydrogens (tertiary/aromatic N) is 1. The fourth-order valence-corrected chi connectivity index (χ4v) is 2.72. The van der Waals surface area contributed by atoms with Crippen LogP contribution >= 0.6 is 0 Å². The molecule has 1 aliphatic rings. The Hall–Kier alpha value is -1.07. The van der Waals surface area contributed by atoms with Gasteiger partial charge < -0.3 is 5.73 Å². The second-order valence-corrected chi connectivity index (χ2v) is 6.29. The van der Waals surface area contributed by atoms with Crippen molar-refractivity contribution >= 4 is 0 Å². The number of alkyl halides is 3. The molecule has 1 aromatic carbocycles. The van der Waals surface area contributed by atoms with Crippen LogP contribution in [0.3, 0.4) is 0 Å². The molecule has 1 aromatic rings. The topological polar surface area (TPSA) is 29.3 Å². The van der Waals surface area contributed by atoms with E-state index in [1.54, 1.807) is 6.07 Å². The first-order valence-electron chi connectivity index (χ1n) is 6.82. The standard InChI is InChI=1S/C15H21F3N2/c1-14(2)10-20(7-6-13(14)19)9-11-4-3-5-12(8-11)15(16,17)18/h3-5,8,13H,6-7,9-10,19H2,1-2H3. The molecule has 1 aliphatic heterocycles. The summed E-state index contributed by atoms with van der Waals surface area (Å²) in [5.41, 5.74) is 6.19. The molecule has 0 aromatic heterocycles. The molecule has 1 atom stereocenters. The Kier molecular flexibility index (Phi) is 4.12. The number of hydrogen-bond donors (Lipinski definition) is 1. The van der Waals surface area contributed by atoms with Gasteiger partial charge in [0.15, 0.2) is 0 Å². The van der Waals surface area contributed by atoms with Crippen LogP contribution in [0.4, 0.5) is 13.2 Å². The van der Waals surface area contributed by atoms with Crippen LogP contribution in [0.25, 0.3) is 0 Å². The molecule has 0 amide bonds. The summed E-state index contributed by atoms with van der Waals surface area (Å²) in [6.45, 7) is 6.40. The Morgan fingerprint density at radius 1 is 1.35 bits per heavy atom. The lowest BCUT2D eigenvalue weighted by atomic mass is 9.79. The summed E-state index contributed by atoms with van der Waals surface area (Å²) in [5, 5.41) is 0. The number of hydrogen-bond acceptors (Lipinski definition) is 2. The Bertz CT molecular complexity index is 468. The van der Waals surface area contributed by atoms with E-state index in [1.807, 2.05) is 0 Å². The fourth-order valence-electron chi connectivity index (χ4n) is 2.72. The number of benzene rings is 1. The first-order valence-corrected chi connectivity index (χ1v) is 6.82. The van der Waals surface area contributed by atoms with Crippen molar-refractivity contribution in [3.63, 3.8) is 0 Å². The maximum absolute atomic E-state index is 12.7. The van der Waals surface area contributed by atoms with Gasteiger partial charge in [-0.1, -0.05) is 32.0 Å². The first kappa shape index (κ1) is 15.3. The third-order valence-corrected chi connectivity index (χ3v) is 4.05. The maximum Gasteiger partial charge on any atom is 0.416 e. The van der Waals surface area contributed by atoms with Crippen LogP contribution < -0.4 is 5.73 Å². The summed E-state index contributed by atoms with van der Waals surface area (Å²) in [4.78, 5) is 2.18. The molecule has 1 unspecified atom stereocenters. The number of rotatable bonds is 2. The van der Waals surface area contributed by atoms with E-state index in [0.717, 1.165) is 25.6 Å². The van der Waals surface area contributed by atoms with Gasteiger partial charge in [-0.25, -0.2) is 0 Å². The SMILES string of the molecule is CC1(C)CN(Cc2cccc(C(F)(F)F)c2)CCC1N. The van der Waals surface area contributed by atoms with Gasteiger partial charge in [0.1, 0.15) is 0 Å². The Morgan fingerprint density at radius 2 is 2.05 bits per heavy atom. The Morgan fingerprint density at radius 3 is 2.65 bits per heavy atom. The second kappa shape index (κ2) is 5.37. The van der Waals surface area contributed by atoms with Crippen molar-refractivity contribution in [2.75, 3.05) is 13.1 Å². The van der Waals surface area contributed by atoms with Crippen molar-refractivity contribution in [1.29, 1.82) is 0 Å². The van der Waals surface area contributed by atoms with Gasteiger partial charge >= 0.3 is 6.18 Å². The average molecular weight is 286 g/mol. The highest BCUT2D eigenvalue weighted by Gasteiger charge is 2.34. The summed E-state index contributed by atoms with van der Waals surface area (Å²) in [6.07, 6.45) is -3.40. The number of nitrogens with two attached hydrogens (primary N) is 1. The van der Waals surface area contributed by atoms with Gasteiger partial charge in [0.05, 0.1) is 5.56 Å². The maximum atomic E-state index is 12.7. The van der Waals surface area contributed by atoms with Crippen LogP contribution in [0, 0.1) is 5.41 Å². The van der Waals surface area contributed by atoms with Crippen molar-refractivity contribution < 1.29 is 13.2 Å². The van der Waals surface area contributed by atoms with E-state index in [0.29, 0.717) is 12.1 Å². The van der Waals surface area contributed by atoms with Crippen LogP contribution in [0.1, 0.15) is 31.4 Å². The molecule has 112 valence electrons. The van der Waals surface area contributed by atoms with Gasteiger partial charge in [0, 0.05) is 25.7 Å². The summed E-state index contributed by atoms with van der Waals surface area (Å²) < 4.78 is 38.1. The third kappa shape index (κ3) is 3.52. The smallest absolute Gasteiger partial charge is 0.327 e. The van der Waals surface area contributed by atoms with E-state index in [4.69, 9.17) is 5.73 Å². The molecule has 2 rings (SSSR count). The van der Waals surface area contributed by atoms with E-state index in [-0.39, 0.29) is 11.5 Å². The summed E-state index contributed by atoms with van der Waals surface area (Å²) >= 11 is 0. The molecule has 0 radical (unpaired) electrons. The minimum absolute atomic E-state index is 0.000112. The molecule has 2 nitrogen and oxygen atoms in total. The lowest BCUT2D eigenvalue weighted by Gasteiger charge is -2.42. The van der Waals surface area contributed by atoms with Crippen LogP contribution in [-0.4, -0.2) is 24.0 Å². The van der Waals surface area contributed by atoms with Crippen LogP contribution in [0.2, 0.25) is 0 Å². The van der Waals surface area contributed by atoms with Crippen LogP contribution in [0.15, 0.2) is 24.3 Å². The van der Waals surface area contributed by atoms with Crippen molar-refractivity contribution in [2.24, 2.45) is 11.1 Å². The molecule has 1 heterocycles. The highest BCUT2D eigenvalue weighted by Crippen LogP contribution is 2.31. The van der Waals surface area contributed by atoms with Crippen molar-refractivity contribution in [3.05, 3.63) is 35.4 Å². The largest absolute Gasteiger partial charge is 0.416 e. The monoisotopic (exact) mass is 286 g/mol. The Balaban J connectivity index is 2.08. The Labute approximate surface area is 117 Å². The highest BCUT2D eigenvalue weighted by atomic mass is 19.4. The van der Waals surface area contributed by atoms with E-state index < -0.39 is 11.7 Å². The van der Waals surface area contributed by atoms with E-state index in [9.17, 15) is 13.2 Å². The lowest BCUT2D eigenvalue weighted by Crippen LogP contribution is -2.52. The zero-order valence-electron chi connectivity index (χ0n) is 11.9. The molecule has 0 aliphatic carbocycles. The van der Waals surface area contributed by atoms with E-state index >= 15 is 0 Å². The van der Waals surface area contributed by atoms with Gasteiger partial charge in [-0.2, -0.15) is 13.2 Å². The van der Waals surface area contributed by atoms with Crippen molar-refractivity contribution in [2.45, 2.75) is 39.0 Å². The zero-order chi connectivity index (χ0) is 15.0. The molecule has 20 heavy (non-hydrogen) atoms. The predicted octanol–water partition coefficient (Wildman–Crippen LogP) is 3.26. The third-order valence-electron chi connectivity index (χ3n) is 4.05. The average Bonchev–Trinajstić information content (AvgIpc) is 2.33. The summed E-state index contributed by atoms with van der Waals surface area (Å²) in [7, 11) is 0. The molecule has 5 heteroatoms. The summed E-state index contributed by atoms with van der Waals surface area (Å²) in [5.74, 6) is 0. The number of likely N-dealkylation sites (tertiary alicyclic amines) is 1. The molecule has 0 spiro atoms. The predicted molar refractivity (Wildman–Crippen MR) is 73.1 cm³/mol. The number of halogens is 3. The second-order valence-electron chi connectivity index (χ2n) is 6.29. The van der Waals surface area contributed by atoms with Crippen LogP contribution in [0.5, 0.6) is 0 Å². The molecule has 2 N–H and O–H groups in total.